The van der Waals surface area contributed by atoms with Crippen LogP contribution in [0.4, 0.5) is 0 Å². The molecule has 17 heavy (non-hydrogen) atoms. The van der Waals surface area contributed by atoms with Crippen LogP contribution in [-0.4, -0.2) is 32.5 Å². The van der Waals surface area contributed by atoms with Crippen LogP contribution in [0.1, 0.15) is 16.5 Å². The first-order valence-electron chi connectivity index (χ1n) is 5.93. The molecule has 0 bridgehead atoms. The van der Waals surface area contributed by atoms with Gasteiger partial charge in [-0.1, -0.05) is 12.1 Å². The van der Waals surface area contributed by atoms with Gasteiger partial charge in [0.1, 0.15) is 11.9 Å². The highest BCUT2D eigenvalue weighted by Gasteiger charge is 2.26. The molecule has 3 rings (SSSR count). The summed E-state index contributed by atoms with van der Waals surface area (Å²) in [4.78, 5) is 0. The lowest BCUT2D eigenvalue weighted by molar-refractivity contribution is -0.0892. The van der Waals surface area contributed by atoms with Gasteiger partial charge in [0, 0.05) is 6.42 Å². The lowest BCUT2D eigenvalue weighted by Gasteiger charge is -2.27. The normalized spacial score (nSPS) is 25.1. The van der Waals surface area contributed by atoms with Gasteiger partial charge >= 0.3 is 0 Å². The summed E-state index contributed by atoms with van der Waals surface area (Å²) in [5.74, 6) is 0.985. The van der Waals surface area contributed by atoms with Crippen molar-refractivity contribution in [2.75, 3.05) is 26.4 Å². The van der Waals surface area contributed by atoms with Crippen molar-refractivity contribution in [3.05, 3.63) is 29.3 Å². The van der Waals surface area contributed by atoms with Gasteiger partial charge in [-0.15, -0.1) is 11.6 Å². The van der Waals surface area contributed by atoms with Crippen molar-refractivity contribution in [2.45, 2.75) is 17.9 Å². The highest BCUT2D eigenvalue weighted by molar-refractivity contribution is 6.21. The predicted octanol–water partition coefficient (Wildman–Crippen LogP) is 2.32. The fraction of sp³-hybridized carbons (Fsp3) is 0.538. The fourth-order valence-corrected chi connectivity index (χ4v) is 2.55. The summed E-state index contributed by atoms with van der Waals surface area (Å²) >= 11 is 6.44. The molecule has 0 N–H and O–H groups in total. The minimum absolute atomic E-state index is 0.0502. The molecule has 3 nitrogen and oxygen atoms in total. The summed E-state index contributed by atoms with van der Waals surface area (Å²) in [6.07, 6.45) is 0.917. The first-order chi connectivity index (χ1) is 8.34. The van der Waals surface area contributed by atoms with E-state index in [1.165, 1.54) is 5.56 Å². The van der Waals surface area contributed by atoms with Crippen LogP contribution in [0.25, 0.3) is 0 Å². The Morgan fingerprint density at radius 2 is 2.18 bits per heavy atom. The van der Waals surface area contributed by atoms with Crippen LogP contribution < -0.4 is 4.74 Å². The Labute approximate surface area is 106 Å². The van der Waals surface area contributed by atoms with Crippen LogP contribution in [0, 0.1) is 0 Å². The topological polar surface area (TPSA) is 27.7 Å². The molecule has 0 saturated carbocycles. The van der Waals surface area contributed by atoms with Gasteiger partial charge in [0.25, 0.3) is 0 Å². The Bertz CT molecular complexity index is 402. The first-order valence-corrected chi connectivity index (χ1v) is 6.37. The number of alkyl halides is 1. The third-order valence-corrected chi connectivity index (χ3v) is 3.73. The summed E-state index contributed by atoms with van der Waals surface area (Å²) in [6, 6.07) is 6.13. The third-order valence-electron chi connectivity index (χ3n) is 3.20. The summed E-state index contributed by atoms with van der Waals surface area (Å²) in [5, 5.41) is -0.152. The van der Waals surface area contributed by atoms with Crippen molar-refractivity contribution in [3.8, 4) is 5.75 Å². The zero-order chi connectivity index (χ0) is 11.7. The Kier molecular flexibility index (Phi) is 3.23. The molecule has 1 fully saturated rings. The van der Waals surface area contributed by atoms with Crippen molar-refractivity contribution in [1.82, 2.24) is 0 Å². The van der Waals surface area contributed by atoms with Crippen LogP contribution in [0.2, 0.25) is 0 Å². The molecule has 4 heteroatoms. The molecule has 2 unspecified atom stereocenters. The number of hydrogen-bond donors (Lipinski definition) is 0. The summed E-state index contributed by atoms with van der Waals surface area (Å²) in [5.41, 5.74) is 2.33. The van der Waals surface area contributed by atoms with E-state index in [2.05, 4.69) is 6.07 Å². The Morgan fingerprint density at radius 1 is 1.24 bits per heavy atom. The van der Waals surface area contributed by atoms with Gasteiger partial charge < -0.3 is 14.2 Å². The molecule has 1 aromatic carbocycles. The van der Waals surface area contributed by atoms with E-state index < -0.39 is 0 Å². The molecule has 0 spiro atoms. The maximum Gasteiger partial charge on any atom is 0.122 e. The molecule has 0 aromatic heterocycles. The molecule has 2 aliphatic rings. The lowest BCUT2D eigenvalue weighted by atomic mass is 10.0. The summed E-state index contributed by atoms with van der Waals surface area (Å²) in [6.45, 7) is 2.64. The second-order valence-corrected chi connectivity index (χ2v) is 4.82. The lowest BCUT2D eigenvalue weighted by Crippen LogP contribution is -2.31. The maximum atomic E-state index is 6.44. The second-order valence-electron chi connectivity index (χ2n) is 4.35. The highest BCUT2D eigenvalue weighted by atomic mass is 35.5. The van der Waals surface area contributed by atoms with Gasteiger partial charge in [-0.2, -0.15) is 0 Å². The molecular formula is C13H15ClO3. The number of fused-ring (bicyclic) bond motifs is 1. The van der Waals surface area contributed by atoms with Gasteiger partial charge in [0.05, 0.1) is 31.8 Å². The molecule has 2 heterocycles. The number of hydrogen-bond acceptors (Lipinski definition) is 3. The maximum absolute atomic E-state index is 6.44. The Morgan fingerprint density at radius 3 is 3.00 bits per heavy atom. The SMILES string of the molecule is ClC(c1ccc2c(c1)CCO2)C1COCCO1. The van der Waals surface area contributed by atoms with Crippen molar-refractivity contribution >= 4 is 11.6 Å². The third kappa shape index (κ3) is 2.28. The quantitative estimate of drug-likeness (QED) is 0.758. The van der Waals surface area contributed by atoms with Crippen molar-refractivity contribution in [2.24, 2.45) is 0 Å². The van der Waals surface area contributed by atoms with Crippen LogP contribution in [0.15, 0.2) is 18.2 Å². The number of rotatable bonds is 2. The molecule has 1 aromatic rings. The van der Waals surface area contributed by atoms with Gasteiger partial charge in [0.15, 0.2) is 0 Å². The predicted molar refractivity (Wildman–Crippen MR) is 64.8 cm³/mol. The van der Waals surface area contributed by atoms with E-state index in [1.807, 2.05) is 12.1 Å². The van der Waals surface area contributed by atoms with E-state index >= 15 is 0 Å². The molecule has 0 amide bonds. The van der Waals surface area contributed by atoms with E-state index in [9.17, 15) is 0 Å². The number of benzene rings is 1. The molecule has 2 atom stereocenters. The van der Waals surface area contributed by atoms with Crippen LogP contribution >= 0.6 is 11.6 Å². The van der Waals surface area contributed by atoms with E-state index in [-0.39, 0.29) is 11.5 Å². The fourth-order valence-electron chi connectivity index (χ4n) is 2.27. The summed E-state index contributed by atoms with van der Waals surface area (Å²) in [7, 11) is 0. The van der Waals surface area contributed by atoms with E-state index in [1.54, 1.807) is 0 Å². The first kappa shape index (κ1) is 11.3. The minimum atomic E-state index is -0.152. The monoisotopic (exact) mass is 254 g/mol. The van der Waals surface area contributed by atoms with E-state index in [0.29, 0.717) is 19.8 Å². The van der Waals surface area contributed by atoms with E-state index in [0.717, 1.165) is 24.3 Å². The number of halogens is 1. The smallest absolute Gasteiger partial charge is 0.122 e. The zero-order valence-corrected chi connectivity index (χ0v) is 10.3. The average molecular weight is 255 g/mol. The number of ether oxygens (including phenoxy) is 3. The van der Waals surface area contributed by atoms with Crippen LogP contribution in [0.5, 0.6) is 5.75 Å². The molecule has 0 aliphatic carbocycles. The Hall–Kier alpha value is -0.770. The van der Waals surface area contributed by atoms with Crippen molar-refractivity contribution < 1.29 is 14.2 Å². The highest BCUT2D eigenvalue weighted by Crippen LogP contribution is 2.33. The zero-order valence-electron chi connectivity index (χ0n) is 9.52. The van der Waals surface area contributed by atoms with Crippen LogP contribution in [0.3, 0.4) is 0 Å². The van der Waals surface area contributed by atoms with Gasteiger partial charge in [-0.25, -0.2) is 0 Å². The summed E-state index contributed by atoms with van der Waals surface area (Å²) < 4.78 is 16.5. The van der Waals surface area contributed by atoms with Gasteiger partial charge in [-0.3, -0.25) is 0 Å². The second kappa shape index (κ2) is 4.84. The molecular weight excluding hydrogens is 240 g/mol. The standard InChI is InChI=1S/C13H15ClO3/c14-13(12-8-15-5-6-17-12)10-1-2-11-9(7-10)3-4-16-11/h1-2,7,12-13H,3-6,8H2. The molecule has 92 valence electrons. The molecule has 2 aliphatic heterocycles. The van der Waals surface area contributed by atoms with Gasteiger partial charge in [0.2, 0.25) is 0 Å². The largest absolute Gasteiger partial charge is 0.493 e. The average Bonchev–Trinajstić information content (AvgIpc) is 2.86. The molecule has 0 radical (unpaired) electrons. The van der Waals surface area contributed by atoms with Crippen LogP contribution in [-0.2, 0) is 15.9 Å². The molecule has 1 saturated heterocycles. The van der Waals surface area contributed by atoms with Crippen molar-refractivity contribution in [1.29, 1.82) is 0 Å². The van der Waals surface area contributed by atoms with Gasteiger partial charge in [-0.05, 0) is 17.2 Å². The van der Waals surface area contributed by atoms with E-state index in [4.69, 9.17) is 25.8 Å². The Balaban J connectivity index is 1.78. The van der Waals surface area contributed by atoms with Crippen molar-refractivity contribution in [3.63, 3.8) is 0 Å². The minimum Gasteiger partial charge on any atom is -0.493 e.